The van der Waals surface area contributed by atoms with Crippen LogP contribution in [0.25, 0.3) is 0 Å². The number of rotatable bonds is 34. The number of aromatic carboxylic acids is 2. The number of carbonyl (C=O) groups is 5. The third-order valence-corrected chi connectivity index (χ3v) is 12.6. The van der Waals surface area contributed by atoms with Crippen molar-refractivity contribution < 1.29 is 54.2 Å². The highest BCUT2D eigenvalue weighted by atomic mass is 16.5. The third kappa shape index (κ3) is 43.3. The van der Waals surface area contributed by atoms with Gasteiger partial charge in [0, 0.05) is 0 Å². The van der Waals surface area contributed by atoms with Crippen molar-refractivity contribution in [1.29, 1.82) is 0 Å². The molecule has 2 atom stereocenters. The minimum atomic E-state index is -1.22. The molecule has 0 heterocycles. The van der Waals surface area contributed by atoms with E-state index in [0.717, 1.165) is 81.8 Å². The largest absolute Gasteiger partial charge is 0.481 e. The Labute approximate surface area is 476 Å². The Morgan fingerprint density at radius 2 is 0.949 bits per heavy atom. The molecule has 440 valence electrons. The number of allylic oxidation sites excluding steroid dienone is 15. The molecule has 0 aliphatic carbocycles. The quantitative estimate of drug-likeness (QED) is 0.0330. The van der Waals surface area contributed by atoms with Crippen molar-refractivity contribution in [3.8, 4) is 0 Å². The van der Waals surface area contributed by atoms with E-state index < -0.39 is 35.8 Å². The zero-order valence-electron chi connectivity index (χ0n) is 50.7. The highest BCUT2D eigenvalue weighted by molar-refractivity contribution is 6.02. The third-order valence-electron chi connectivity index (χ3n) is 12.6. The van der Waals surface area contributed by atoms with Crippen LogP contribution in [0.15, 0.2) is 142 Å². The Kier molecular flexibility index (Phi) is 44.1. The topological polar surface area (TPSA) is 196 Å². The fourth-order valence-electron chi connectivity index (χ4n) is 7.86. The fraction of sp³-hybridized carbons (Fsp3) is 0.515. The monoisotopic (exact) mass is 1090 g/mol. The SMILES string of the molecule is CC(C)=CCC/C(C)=C/CC(C(=O)O)c1ccccc1.CC(C)=CCC/C(C)=C/CCOCC(=O)O.CC(C)=CCC/C(C)=C/Cc1cccc(C(=O)O)c1C(=O)O.CCCCCCCC(C/C=C(\C)CCC=C(C)C)C(=O)O. The molecule has 2 aromatic carbocycles. The van der Waals surface area contributed by atoms with Crippen LogP contribution >= 0.6 is 0 Å². The van der Waals surface area contributed by atoms with E-state index in [0.29, 0.717) is 31.4 Å². The van der Waals surface area contributed by atoms with Gasteiger partial charge in [-0.15, -0.1) is 0 Å². The molecule has 0 spiro atoms. The molecule has 2 aromatic rings. The number of carboxylic acids is 5. The zero-order valence-corrected chi connectivity index (χ0v) is 50.7. The molecule has 2 rings (SSSR count). The van der Waals surface area contributed by atoms with Gasteiger partial charge in [0.1, 0.15) is 6.61 Å². The second-order valence-corrected chi connectivity index (χ2v) is 21.4. The average molecular weight is 1100 g/mol. The highest BCUT2D eigenvalue weighted by Crippen LogP contribution is 2.23. The van der Waals surface area contributed by atoms with Gasteiger partial charge in [0.2, 0.25) is 0 Å². The van der Waals surface area contributed by atoms with Gasteiger partial charge >= 0.3 is 29.8 Å². The standard InChI is InChI=1S/C19H34O2.C18H22O4.C18H24O2.C13H22O3/c1-5-6-7-8-9-13-18(19(20)21)15-14-17(4)12-10-11-16(2)3;1-12(2)6-4-7-13(3)10-11-14-8-5-9-15(17(19)20)16(14)18(21)22;1-14(2)8-7-9-15(3)12-13-17(18(19)20)16-10-5-4-6-11-16;1-11(2)6-4-7-12(3)8-5-9-16-10-13(14)15/h11,14,18H,5-10,12-13,15H2,1-4H3,(H,20,21);5-6,8-10H,4,7,11H2,1-3H3,(H,19,20)(H,21,22);4-6,8,10-12,17H,7,9,13H2,1-3H3,(H,19,20);6,8H,4-5,7,9-10H2,1-3H3,(H,14,15)/b17-14+;13-10+;15-12+;12-8+. The number of benzene rings is 2. The highest BCUT2D eigenvalue weighted by Gasteiger charge is 2.20. The van der Waals surface area contributed by atoms with Crippen LogP contribution < -0.4 is 0 Å². The zero-order chi connectivity index (χ0) is 60.1. The van der Waals surface area contributed by atoms with Crippen molar-refractivity contribution in [1.82, 2.24) is 0 Å². The molecule has 5 N–H and O–H groups in total. The average Bonchev–Trinajstić information content (AvgIpc) is 3.36. The summed E-state index contributed by atoms with van der Waals surface area (Å²) in [5.41, 5.74) is 11.4. The van der Waals surface area contributed by atoms with E-state index in [1.165, 1.54) is 70.8 Å². The number of carboxylic acid groups (broad SMARTS) is 5. The van der Waals surface area contributed by atoms with Crippen molar-refractivity contribution in [3.63, 3.8) is 0 Å². The molecule has 0 bridgehead atoms. The molecular weight excluding hydrogens is 993 g/mol. The van der Waals surface area contributed by atoms with Crippen LogP contribution in [0, 0.1) is 5.92 Å². The first-order valence-electron chi connectivity index (χ1n) is 28.4. The normalized spacial score (nSPS) is 12.1. The Balaban J connectivity index is 0. The maximum atomic E-state index is 11.4. The maximum Gasteiger partial charge on any atom is 0.336 e. The van der Waals surface area contributed by atoms with Crippen LogP contribution in [0.3, 0.4) is 0 Å². The van der Waals surface area contributed by atoms with E-state index in [1.807, 2.05) is 43.3 Å². The molecule has 0 saturated heterocycles. The molecular formula is C68H102O11. The summed E-state index contributed by atoms with van der Waals surface area (Å²) in [4.78, 5) is 55.3. The second kappa shape index (κ2) is 46.6. The summed E-state index contributed by atoms with van der Waals surface area (Å²) in [6.07, 6.45) is 34.4. The molecule has 0 aliphatic rings. The predicted octanol–water partition coefficient (Wildman–Crippen LogP) is 18.6. The van der Waals surface area contributed by atoms with E-state index in [1.54, 1.807) is 12.1 Å². The first kappa shape index (κ1) is 74.7. The fourth-order valence-corrected chi connectivity index (χ4v) is 7.86. The van der Waals surface area contributed by atoms with Crippen molar-refractivity contribution in [2.45, 2.75) is 212 Å². The molecule has 0 radical (unpaired) electrons. The van der Waals surface area contributed by atoms with E-state index in [-0.39, 0.29) is 23.7 Å². The summed E-state index contributed by atoms with van der Waals surface area (Å²) in [5, 5.41) is 45.4. The van der Waals surface area contributed by atoms with Gasteiger partial charge in [0.15, 0.2) is 0 Å². The van der Waals surface area contributed by atoms with E-state index in [4.69, 9.17) is 14.9 Å². The van der Waals surface area contributed by atoms with Gasteiger partial charge in [-0.1, -0.05) is 175 Å². The number of unbranched alkanes of at least 4 members (excludes halogenated alkanes) is 4. The van der Waals surface area contributed by atoms with E-state index in [9.17, 15) is 39.3 Å². The molecule has 2 unspecified atom stereocenters. The lowest BCUT2D eigenvalue weighted by Crippen LogP contribution is -2.12. The molecule has 0 aromatic heterocycles. The summed E-state index contributed by atoms with van der Waals surface area (Å²) in [5.74, 6) is -5.39. The molecule has 11 nitrogen and oxygen atoms in total. The molecule has 79 heavy (non-hydrogen) atoms. The summed E-state index contributed by atoms with van der Waals surface area (Å²) >= 11 is 0. The van der Waals surface area contributed by atoms with Crippen LogP contribution in [0.4, 0.5) is 0 Å². The summed E-state index contributed by atoms with van der Waals surface area (Å²) in [6, 6.07) is 14.0. The van der Waals surface area contributed by atoms with Crippen LogP contribution in [-0.4, -0.2) is 68.6 Å². The minimum Gasteiger partial charge on any atom is -0.481 e. The van der Waals surface area contributed by atoms with E-state index in [2.05, 4.69) is 126 Å². The van der Waals surface area contributed by atoms with Gasteiger partial charge < -0.3 is 30.3 Å². The van der Waals surface area contributed by atoms with E-state index >= 15 is 0 Å². The summed E-state index contributed by atoms with van der Waals surface area (Å²) < 4.78 is 4.93. The lowest BCUT2D eigenvalue weighted by atomic mass is 9.94. The molecule has 11 heteroatoms. The summed E-state index contributed by atoms with van der Waals surface area (Å²) in [7, 11) is 0. The van der Waals surface area contributed by atoms with Crippen molar-refractivity contribution in [2.24, 2.45) is 5.92 Å². The Bertz CT molecular complexity index is 2340. The van der Waals surface area contributed by atoms with Crippen LogP contribution in [0.2, 0.25) is 0 Å². The first-order chi connectivity index (χ1) is 37.3. The Morgan fingerprint density at radius 3 is 1.38 bits per heavy atom. The Morgan fingerprint density at radius 1 is 0.481 bits per heavy atom. The van der Waals surface area contributed by atoms with Crippen LogP contribution in [0.5, 0.6) is 0 Å². The van der Waals surface area contributed by atoms with Crippen molar-refractivity contribution in [3.05, 3.63) is 164 Å². The second-order valence-electron chi connectivity index (χ2n) is 21.4. The van der Waals surface area contributed by atoms with Gasteiger partial charge in [0.05, 0.1) is 29.6 Å². The van der Waals surface area contributed by atoms with Gasteiger partial charge in [-0.2, -0.15) is 0 Å². The smallest absolute Gasteiger partial charge is 0.336 e. The predicted molar refractivity (Wildman–Crippen MR) is 327 cm³/mol. The van der Waals surface area contributed by atoms with Crippen LogP contribution in [-0.2, 0) is 25.5 Å². The van der Waals surface area contributed by atoms with Crippen LogP contribution in [0.1, 0.15) is 237 Å². The molecule has 0 saturated carbocycles. The summed E-state index contributed by atoms with van der Waals surface area (Å²) in [6.45, 7) is 27.4. The molecule has 0 amide bonds. The molecule has 0 fully saturated rings. The van der Waals surface area contributed by atoms with Gasteiger partial charge in [0.25, 0.3) is 0 Å². The van der Waals surface area contributed by atoms with Crippen molar-refractivity contribution >= 4 is 29.8 Å². The molecule has 0 aliphatic heterocycles. The lowest BCUT2D eigenvalue weighted by molar-refractivity contribution is -0.143. The number of ether oxygens (including phenoxy) is 1. The van der Waals surface area contributed by atoms with Gasteiger partial charge in [-0.3, -0.25) is 9.59 Å². The lowest BCUT2D eigenvalue weighted by Gasteiger charge is -2.11. The Hall–Kier alpha value is -6.33. The van der Waals surface area contributed by atoms with Gasteiger partial charge in [-0.05, 0) is 184 Å². The number of hydrogen-bond acceptors (Lipinski definition) is 6. The number of hydrogen-bond donors (Lipinski definition) is 5. The minimum absolute atomic E-state index is 0.122. The first-order valence-corrected chi connectivity index (χ1v) is 28.4. The number of aliphatic carboxylic acids is 3. The van der Waals surface area contributed by atoms with Gasteiger partial charge in [-0.25, -0.2) is 14.4 Å². The maximum absolute atomic E-state index is 11.4. The van der Waals surface area contributed by atoms with Crippen molar-refractivity contribution in [2.75, 3.05) is 13.2 Å².